The highest BCUT2D eigenvalue weighted by atomic mass is 16.2. The fourth-order valence-corrected chi connectivity index (χ4v) is 1.55. The Labute approximate surface area is 71.4 Å². The average molecular weight is 164 g/mol. The minimum atomic E-state index is 0.137. The van der Waals surface area contributed by atoms with Gasteiger partial charge in [-0.25, -0.2) is 0 Å². The van der Waals surface area contributed by atoms with Crippen molar-refractivity contribution in [2.75, 3.05) is 13.1 Å². The van der Waals surface area contributed by atoms with Gasteiger partial charge in [-0.05, 0) is 25.0 Å². The summed E-state index contributed by atoms with van der Waals surface area (Å²) in [7, 11) is 0. The molecule has 0 bridgehead atoms. The van der Waals surface area contributed by atoms with Gasteiger partial charge >= 0.3 is 0 Å². The molecule has 12 heavy (non-hydrogen) atoms. The minimum absolute atomic E-state index is 0.137. The molecular formula is C9H12N2O. The Morgan fingerprint density at radius 1 is 1.42 bits per heavy atom. The minimum Gasteiger partial charge on any atom is -0.357 e. The molecule has 2 heterocycles. The number of aromatic amines is 1. The number of H-pyrrole nitrogens is 1. The molecule has 1 aliphatic heterocycles. The average Bonchev–Trinajstić information content (AvgIpc) is 2.77. The van der Waals surface area contributed by atoms with Crippen molar-refractivity contribution >= 4 is 5.91 Å². The maximum Gasteiger partial charge on any atom is 0.270 e. The van der Waals surface area contributed by atoms with Crippen LogP contribution in [0.25, 0.3) is 0 Å². The van der Waals surface area contributed by atoms with Crippen LogP contribution in [-0.4, -0.2) is 28.9 Å². The molecule has 1 saturated heterocycles. The molecule has 1 aliphatic rings. The number of carbonyl (C=O) groups is 1. The van der Waals surface area contributed by atoms with Crippen LogP contribution in [0.4, 0.5) is 0 Å². The number of rotatable bonds is 1. The zero-order valence-corrected chi connectivity index (χ0v) is 6.92. The first-order chi connectivity index (χ1) is 5.88. The van der Waals surface area contributed by atoms with Gasteiger partial charge in [0.05, 0.1) is 0 Å². The maximum atomic E-state index is 11.6. The first kappa shape index (κ1) is 7.40. The number of nitrogens with zero attached hydrogens (tertiary/aromatic N) is 1. The molecule has 0 saturated carbocycles. The number of hydrogen-bond donors (Lipinski definition) is 1. The first-order valence-corrected chi connectivity index (χ1v) is 4.30. The van der Waals surface area contributed by atoms with E-state index in [-0.39, 0.29) is 5.91 Å². The van der Waals surface area contributed by atoms with E-state index >= 15 is 0 Å². The summed E-state index contributed by atoms with van der Waals surface area (Å²) < 4.78 is 0. The van der Waals surface area contributed by atoms with Crippen LogP contribution in [0.15, 0.2) is 18.3 Å². The lowest BCUT2D eigenvalue weighted by atomic mass is 10.4. The van der Waals surface area contributed by atoms with Gasteiger partial charge in [0.1, 0.15) is 5.69 Å². The molecule has 1 N–H and O–H groups in total. The van der Waals surface area contributed by atoms with Crippen LogP contribution in [0, 0.1) is 0 Å². The molecule has 64 valence electrons. The van der Waals surface area contributed by atoms with E-state index in [2.05, 4.69) is 4.98 Å². The maximum absolute atomic E-state index is 11.6. The van der Waals surface area contributed by atoms with Gasteiger partial charge in [0.15, 0.2) is 0 Å². The highest BCUT2D eigenvalue weighted by molar-refractivity contribution is 5.92. The molecule has 3 heteroatoms. The predicted molar refractivity (Wildman–Crippen MR) is 45.9 cm³/mol. The Balaban J connectivity index is 2.09. The number of hydrogen-bond acceptors (Lipinski definition) is 1. The number of carbonyl (C=O) groups excluding carboxylic acids is 1. The van der Waals surface area contributed by atoms with Gasteiger partial charge in [-0.3, -0.25) is 4.79 Å². The lowest BCUT2D eigenvalue weighted by molar-refractivity contribution is 0.0788. The van der Waals surface area contributed by atoms with Gasteiger partial charge in [-0.15, -0.1) is 0 Å². The highest BCUT2D eigenvalue weighted by Crippen LogP contribution is 2.10. The topological polar surface area (TPSA) is 36.1 Å². The summed E-state index contributed by atoms with van der Waals surface area (Å²) >= 11 is 0. The second-order valence-corrected chi connectivity index (χ2v) is 3.08. The fourth-order valence-electron chi connectivity index (χ4n) is 1.55. The Hall–Kier alpha value is -1.25. The zero-order chi connectivity index (χ0) is 8.39. The summed E-state index contributed by atoms with van der Waals surface area (Å²) in [5, 5.41) is 0. The Morgan fingerprint density at radius 3 is 2.75 bits per heavy atom. The van der Waals surface area contributed by atoms with Crippen LogP contribution in [0.2, 0.25) is 0 Å². The van der Waals surface area contributed by atoms with Crippen molar-refractivity contribution < 1.29 is 4.79 Å². The van der Waals surface area contributed by atoms with Crippen molar-refractivity contribution in [2.45, 2.75) is 12.8 Å². The number of amides is 1. The molecule has 0 aliphatic carbocycles. The van der Waals surface area contributed by atoms with Crippen LogP contribution in [0.1, 0.15) is 23.3 Å². The van der Waals surface area contributed by atoms with E-state index in [0.717, 1.165) is 25.9 Å². The molecule has 3 nitrogen and oxygen atoms in total. The van der Waals surface area contributed by atoms with Gasteiger partial charge in [0, 0.05) is 19.3 Å². The SMILES string of the molecule is O=C(c1ccc[nH]1)N1CCCC1. The molecule has 2 rings (SSSR count). The van der Waals surface area contributed by atoms with Gasteiger partial charge in [-0.2, -0.15) is 0 Å². The van der Waals surface area contributed by atoms with E-state index in [4.69, 9.17) is 0 Å². The van der Waals surface area contributed by atoms with E-state index < -0.39 is 0 Å². The molecule has 1 aromatic heterocycles. The third kappa shape index (κ3) is 1.22. The van der Waals surface area contributed by atoms with E-state index in [0.29, 0.717) is 5.69 Å². The third-order valence-corrected chi connectivity index (χ3v) is 2.22. The first-order valence-electron chi connectivity index (χ1n) is 4.30. The quantitative estimate of drug-likeness (QED) is 0.666. The monoisotopic (exact) mass is 164 g/mol. The molecule has 0 spiro atoms. The fraction of sp³-hybridized carbons (Fsp3) is 0.444. The van der Waals surface area contributed by atoms with Crippen LogP contribution in [0.3, 0.4) is 0 Å². The van der Waals surface area contributed by atoms with Gasteiger partial charge in [0.25, 0.3) is 5.91 Å². The summed E-state index contributed by atoms with van der Waals surface area (Å²) in [6, 6.07) is 3.67. The van der Waals surface area contributed by atoms with Crippen LogP contribution in [0.5, 0.6) is 0 Å². The standard InChI is InChI=1S/C9H12N2O/c12-9(8-4-3-5-10-8)11-6-1-2-7-11/h3-5,10H,1-2,6-7H2. The molecule has 0 radical (unpaired) electrons. The molecule has 1 amide bonds. The van der Waals surface area contributed by atoms with Gasteiger partial charge in [0.2, 0.25) is 0 Å². The van der Waals surface area contributed by atoms with E-state index in [9.17, 15) is 4.79 Å². The van der Waals surface area contributed by atoms with Crippen LogP contribution in [-0.2, 0) is 0 Å². The van der Waals surface area contributed by atoms with Crippen molar-refractivity contribution in [3.63, 3.8) is 0 Å². The summed E-state index contributed by atoms with van der Waals surface area (Å²) in [4.78, 5) is 16.4. The molecule has 1 aromatic rings. The second-order valence-electron chi connectivity index (χ2n) is 3.08. The van der Waals surface area contributed by atoms with Crippen molar-refractivity contribution in [1.29, 1.82) is 0 Å². The summed E-state index contributed by atoms with van der Waals surface area (Å²) in [5.41, 5.74) is 0.705. The number of likely N-dealkylation sites (tertiary alicyclic amines) is 1. The van der Waals surface area contributed by atoms with E-state index in [1.807, 2.05) is 17.0 Å². The van der Waals surface area contributed by atoms with Gasteiger partial charge < -0.3 is 9.88 Å². The predicted octanol–water partition coefficient (Wildman–Crippen LogP) is 1.25. The molecule has 0 aromatic carbocycles. The molecule has 0 unspecified atom stereocenters. The Bertz CT molecular complexity index is 260. The molecule has 1 fully saturated rings. The van der Waals surface area contributed by atoms with Crippen molar-refractivity contribution in [3.8, 4) is 0 Å². The Morgan fingerprint density at radius 2 is 2.17 bits per heavy atom. The number of aromatic nitrogens is 1. The van der Waals surface area contributed by atoms with E-state index in [1.54, 1.807) is 6.20 Å². The smallest absolute Gasteiger partial charge is 0.270 e. The number of nitrogens with one attached hydrogen (secondary N) is 1. The largest absolute Gasteiger partial charge is 0.357 e. The lowest BCUT2D eigenvalue weighted by Crippen LogP contribution is -2.27. The summed E-state index contributed by atoms with van der Waals surface area (Å²) in [5.74, 6) is 0.137. The zero-order valence-electron chi connectivity index (χ0n) is 6.92. The highest BCUT2D eigenvalue weighted by Gasteiger charge is 2.19. The van der Waals surface area contributed by atoms with Crippen molar-refractivity contribution in [1.82, 2.24) is 9.88 Å². The summed E-state index contributed by atoms with van der Waals surface area (Å²) in [6.45, 7) is 1.83. The third-order valence-electron chi connectivity index (χ3n) is 2.22. The van der Waals surface area contributed by atoms with Crippen LogP contribution >= 0.6 is 0 Å². The lowest BCUT2D eigenvalue weighted by Gasteiger charge is -2.13. The summed E-state index contributed by atoms with van der Waals surface area (Å²) in [6.07, 6.45) is 4.07. The van der Waals surface area contributed by atoms with Crippen molar-refractivity contribution in [3.05, 3.63) is 24.0 Å². The van der Waals surface area contributed by atoms with Crippen LogP contribution < -0.4 is 0 Å². The van der Waals surface area contributed by atoms with Crippen molar-refractivity contribution in [2.24, 2.45) is 0 Å². The van der Waals surface area contributed by atoms with E-state index in [1.165, 1.54) is 0 Å². The molecule has 0 atom stereocenters. The second kappa shape index (κ2) is 3.01. The Kier molecular flexibility index (Phi) is 1.86. The normalized spacial score (nSPS) is 16.8. The van der Waals surface area contributed by atoms with Gasteiger partial charge in [-0.1, -0.05) is 0 Å². The molecular weight excluding hydrogens is 152 g/mol.